The normalized spacial score (nSPS) is 13.2. The number of carbonyl (C=O) groups excluding carboxylic acids is 2. The number of nitrogen functional groups attached to an aromatic ring is 1. The van der Waals surface area contributed by atoms with E-state index >= 15 is 4.39 Å². The van der Waals surface area contributed by atoms with Crippen LogP contribution in [0.25, 0.3) is 0 Å². The number of ketones is 1. The summed E-state index contributed by atoms with van der Waals surface area (Å²) in [5, 5.41) is 10.4. The SMILES string of the molecule is CC[C@@H](N[C@H](C)CC(N)=O)c1ccc(Cl)c(C(=O)c2ccc(N)nn2)c1F. The zero-order valence-corrected chi connectivity index (χ0v) is 15.8. The topological polar surface area (TPSA) is 124 Å². The Labute approximate surface area is 161 Å². The Morgan fingerprint density at radius 1 is 1.26 bits per heavy atom. The fourth-order valence-electron chi connectivity index (χ4n) is 2.77. The van der Waals surface area contributed by atoms with Crippen LogP contribution in [0.2, 0.25) is 5.02 Å². The summed E-state index contributed by atoms with van der Waals surface area (Å²) in [7, 11) is 0. The summed E-state index contributed by atoms with van der Waals surface area (Å²) in [6.45, 7) is 3.63. The quantitative estimate of drug-likeness (QED) is 0.591. The van der Waals surface area contributed by atoms with Crippen molar-refractivity contribution in [2.45, 2.75) is 38.8 Å². The molecule has 2 atom stereocenters. The molecule has 0 unspecified atom stereocenters. The van der Waals surface area contributed by atoms with E-state index in [9.17, 15) is 9.59 Å². The number of benzene rings is 1. The van der Waals surface area contributed by atoms with Crippen LogP contribution in [-0.4, -0.2) is 27.9 Å². The van der Waals surface area contributed by atoms with Crippen LogP contribution in [0.3, 0.4) is 0 Å². The number of hydrogen-bond donors (Lipinski definition) is 3. The number of nitrogens with two attached hydrogens (primary N) is 2. The number of primary amides is 1. The van der Waals surface area contributed by atoms with E-state index in [4.69, 9.17) is 23.1 Å². The van der Waals surface area contributed by atoms with Gasteiger partial charge in [0.1, 0.15) is 17.3 Å². The largest absolute Gasteiger partial charge is 0.382 e. The molecule has 27 heavy (non-hydrogen) atoms. The minimum absolute atomic E-state index is 0.0279. The molecule has 1 amide bonds. The molecule has 7 nitrogen and oxygen atoms in total. The predicted octanol–water partition coefficient (Wildman–Crippen LogP) is 2.39. The van der Waals surface area contributed by atoms with Crippen LogP contribution >= 0.6 is 11.6 Å². The number of nitrogens with zero attached hydrogens (tertiary/aromatic N) is 2. The Morgan fingerprint density at radius 2 is 1.96 bits per heavy atom. The molecule has 2 aromatic rings. The first kappa shape index (κ1) is 20.7. The van der Waals surface area contributed by atoms with Gasteiger partial charge in [-0.2, -0.15) is 0 Å². The molecule has 9 heteroatoms. The lowest BCUT2D eigenvalue weighted by atomic mass is 9.97. The highest BCUT2D eigenvalue weighted by atomic mass is 35.5. The summed E-state index contributed by atoms with van der Waals surface area (Å²) in [5.74, 6) is -1.74. The van der Waals surface area contributed by atoms with Gasteiger partial charge in [0.25, 0.3) is 0 Å². The first-order valence-corrected chi connectivity index (χ1v) is 8.78. The molecule has 0 aliphatic carbocycles. The number of hydrogen-bond acceptors (Lipinski definition) is 6. The third-order valence-electron chi connectivity index (χ3n) is 4.04. The molecule has 0 saturated carbocycles. The second kappa shape index (κ2) is 8.88. The van der Waals surface area contributed by atoms with Gasteiger partial charge in [-0.25, -0.2) is 4.39 Å². The van der Waals surface area contributed by atoms with Crippen molar-refractivity contribution in [2.75, 3.05) is 5.73 Å². The number of aromatic nitrogens is 2. The highest BCUT2D eigenvalue weighted by Gasteiger charge is 2.25. The number of rotatable bonds is 8. The molecule has 0 spiro atoms. The second-order valence-electron chi connectivity index (χ2n) is 6.20. The van der Waals surface area contributed by atoms with E-state index < -0.39 is 23.5 Å². The van der Waals surface area contributed by atoms with Crippen molar-refractivity contribution < 1.29 is 14.0 Å². The summed E-state index contributed by atoms with van der Waals surface area (Å²) in [6.07, 6.45) is 0.634. The number of nitrogens with one attached hydrogen (secondary N) is 1. The summed E-state index contributed by atoms with van der Waals surface area (Å²) < 4.78 is 15.2. The zero-order chi connectivity index (χ0) is 20.1. The van der Waals surface area contributed by atoms with E-state index in [1.807, 2.05) is 6.92 Å². The van der Waals surface area contributed by atoms with Gasteiger partial charge in [0.2, 0.25) is 11.7 Å². The fourth-order valence-corrected chi connectivity index (χ4v) is 3.00. The lowest BCUT2D eigenvalue weighted by molar-refractivity contribution is -0.118. The molecule has 1 aromatic heterocycles. The summed E-state index contributed by atoms with van der Waals surface area (Å²) in [4.78, 5) is 23.8. The molecule has 0 aliphatic rings. The van der Waals surface area contributed by atoms with E-state index in [1.165, 1.54) is 24.3 Å². The smallest absolute Gasteiger partial charge is 0.218 e. The van der Waals surface area contributed by atoms with Crippen LogP contribution in [0, 0.1) is 5.82 Å². The molecule has 0 bridgehead atoms. The molecule has 0 radical (unpaired) electrons. The van der Waals surface area contributed by atoms with Crippen molar-refractivity contribution in [1.29, 1.82) is 0 Å². The maximum atomic E-state index is 15.2. The molecule has 1 aromatic carbocycles. The second-order valence-corrected chi connectivity index (χ2v) is 6.60. The van der Waals surface area contributed by atoms with Crippen molar-refractivity contribution >= 4 is 29.1 Å². The van der Waals surface area contributed by atoms with Crippen molar-refractivity contribution in [3.63, 3.8) is 0 Å². The minimum Gasteiger partial charge on any atom is -0.382 e. The van der Waals surface area contributed by atoms with Crippen molar-refractivity contribution in [1.82, 2.24) is 15.5 Å². The molecular weight excluding hydrogens is 373 g/mol. The Hall–Kier alpha value is -2.58. The van der Waals surface area contributed by atoms with E-state index in [2.05, 4.69) is 15.5 Å². The molecule has 5 N–H and O–H groups in total. The Balaban J connectivity index is 2.39. The molecule has 0 fully saturated rings. The summed E-state index contributed by atoms with van der Waals surface area (Å²) in [6, 6.07) is 5.04. The predicted molar refractivity (Wildman–Crippen MR) is 101 cm³/mol. The third-order valence-corrected chi connectivity index (χ3v) is 4.36. The summed E-state index contributed by atoms with van der Waals surface area (Å²) in [5.41, 5.74) is 10.6. The van der Waals surface area contributed by atoms with Gasteiger partial charge in [-0.3, -0.25) is 9.59 Å². The van der Waals surface area contributed by atoms with E-state index in [0.29, 0.717) is 6.42 Å². The number of anilines is 1. The van der Waals surface area contributed by atoms with Gasteiger partial charge >= 0.3 is 0 Å². The molecule has 0 saturated heterocycles. The van der Waals surface area contributed by atoms with Gasteiger partial charge in [-0.05, 0) is 31.5 Å². The Morgan fingerprint density at radius 3 is 2.52 bits per heavy atom. The first-order chi connectivity index (χ1) is 12.7. The van der Waals surface area contributed by atoms with E-state index in [1.54, 1.807) is 6.92 Å². The number of halogens is 2. The van der Waals surface area contributed by atoms with Crippen LogP contribution in [0.5, 0.6) is 0 Å². The molecular formula is C18H21ClFN5O2. The third kappa shape index (κ3) is 4.99. The highest BCUT2D eigenvalue weighted by Crippen LogP contribution is 2.29. The maximum absolute atomic E-state index is 15.2. The van der Waals surface area contributed by atoms with Crippen molar-refractivity contribution in [2.24, 2.45) is 5.73 Å². The lowest BCUT2D eigenvalue weighted by Crippen LogP contribution is -2.34. The van der Waals surface area contributed by atoms with Crippen LogP contribution in [0.15, 0.2) is 24.3 Å². The average molecular weight is 394 g/mol. The molecule has 144 valence electrons. The average Bonchev–Trinajstić information content (AvgIpc) is 2.60. The van der Waals surface area contributed by atoms with Gasteiger partial charge in [-0.15, -0.1) is 10.2 Å². The van der Waals surface area contributed by atoms with Gasteiger partial charge < -0.3 is 16.8 Å². The van der Waals surface area contributed by atoms with Crippen LogP contribution < -0.4 is 16.8 Å². The van der Waals surface area contributed by atoms with Gasteiger partial charge in [0.05, 0.1) is 10.6 Å². The zero-order valence-electron chi connectivity index (χ0n) is 15.0. The van der Waals surface area contributed by atoms with Crippen molar-refractivity contribution in [3.8, 4) is 0 Å². The van der Waals surface area contributed by atoms with Gasteiger partial charge in [0, 0.05) is 24.1 Å². The van der Waals surface area contributed by atoms with E-state index in [-0.39, 0.29) is 40.1 Å². The molecule has 0 aliphatic heterocycles. The monoisotopic (exact) mass is 393 g/mol. The van der Waals surface area contributed by atoms with Crippen molar-refractivity contribution in [3.05, 3.63) is 51.9 Å². The van der Waals surface area contributed by atoms with Crippen LogP contribution in [0.4, 0.5) is 10.2 Å². The molecule has 1 heterocycles. The molecule has 2 rings (SSSR count). The number of amides is 1. The van der Waals surface area contributed by atoms with Gasteiger partial charge in [-0.1, -0.05) is 24.6 Å². The first-order valence-electron chi connectivity index (χ1n) is 8.40. The standard InChI is InChI=1S/C18H21ClFN5O2/c1-3-12(23-9(2)8-15(22)26)10-4-5-11(19)16(17(10)20)18(27)13-6-7-14(21)25-24-13/h4-7,9,12,23H,3,8H2,1-2H3,(H2,21,25)(H2,22,26)/t9-,12-/m1/s1. The van der Waals surface area contributed by atoms with Crippen LogP contribution in [-0.2, 0) is 4.79 Å². The summed E-state index contributed by atoms with van der Waals surface area (Å²) >= 11 is 6.08. The Kier molecular flexibility index (Phi) is 6.81. The maximum Gasteiger partial charge on any atom is 0.218 e. The minimum atomic E-state index is -0.739. The van der Waals surface area contributed by atoms with Crippen LogP contribution in [0.1, 0.15) is 54.3 Å². The Bertz CT molecular complexity index is 844. The van der Waals surface area contributed by atoms with E-state index in [0.717, 1.165) is 0 Å². The lowest BCUT2D eigenvalue weighted by Gasteiger charge is -2.23. The fraction of sp³-hybridized carbons (Fsp3) is 0.333. The van der Waals surface area contributed by atoms with Gasteiger partial charge in [0.15, 0.2) is 0 Å². The highest BCUT2D eigenvalue weighted by molar-refractivity contribution is 6.35. The number of carbonyl (C=O) groups is 2.